The normalized spacial score (nSPS) is 10.6. The number of hydrogen-bond acceptors (Lipinski definition) is 5. The van der Waals surface area contributed by atoms with Crippen LogP contribution in [0.5, 0.6) is 0 Å². The zero-order chi connectivity index (χ0) is 14.1. The van der Waals surface area contributed by atoms with Crippen molar-refractivity contribution in [1.82, 2.24) is 4.98 Å². The van der Waals surface area contributed by atoms with E-state index < -0.39 is 5.91 Å². The van der Waals surface area contributed by atoms with Gasteiger partial charge in [0.05, 0.1) is 16.8 Å². The Morgan fingerprint density at radius 1 is 1.20 bits per heavy atom. The van der Waals surface area contributed by atoms with Gasteiger partial charge in [-0.15, -0.1) is 11.3 Å². The van der Waals surface area contributed by atoms with E-state index in [1.54, 1.807) is 6.20 Å². The first-order valence-electron chi connectivity index (χ1n) is 5.95. The van der Waals surface area contributed by atoms with Crippen LogP contribution in [-0.4, -0.2) is 10.9 Å². The number of nitrogens with zero attached hydrogens (tertiary/aromatic N) is 1. The number of primary amides is 1. The summed E-state index contributed by atoms with van der Waals surface area (Å²) in [5.74, 6) is -0.531. The topological polar surface area (TPSA) is 94.0 Å². The number of rotatable bonds is 3. The summed E-state index contributed by atoms with van der Waals surface area (Å²) < 4.78 is 0. The monoisotopic (exact) mass is 284 g/mol. The second kappa shape index (κ2) is 4.82. The number of nitrogens with two attached hydrogens (primary N) is 2. The number of thiophene rings is 1. The van der Waals surface area contributed by atoms with Crippen LogP contribution >= 0.6 is 11.3 Å². The van der Waals surface area contributed by atoms with Crippen LogP contribution in [0, 0.1) is 0 Å². The minimum Gasteiger partial charge on any atom is -0.397 e. The molecule has 0 saturated carbocycles. The molecule has 1 amide bonds. The Morgan fingerprint density at radius 2 is 1.95 bits per heavy atom. The van der Waals surface area contributed by atoms with E-state index in [1.165, 1.54) is 11.3 Å². The number of carbonyl (C=O) groups is 1. The Hall–Kier alpha value is -2.60. The van der Waals surface area contributed by atoms with Gasteiger partial charge in [-0.1, -0.05) is 18.2 Å². The summed E-state index contributed by atoms with van der Waals surface area (Å²) in [7, 11) is 0. The Morgan fingerprint density at radius 3 is 2.65 bits per heavy atom. The van der Waals surface area contributed by atoms with E-state index in [1.807, 2.05) is 36.4 Å². The van der Waals surface area contributed by atoms with Gasteiger partial charge in [-0.2, -0.15) is 0 Å². The third-order valence-electron chi connectivity index (χ3n) is 2.91. The summed E-state index contributed by atoms with van der Waals surface area (Å²) in [4.78, 5) is 16.6. The molecule has 2 aromatic heterocycles. The number of hydrogen-bond donors (Lipinski definition) is 3. The van der Waals surface area contributed by atoms with Crippen molar-refractivity contribution in [2.75, 3.05) is 11.1 Å². The molecule has 0 spiro atoms. The summed E-state index contributed by atoms with van der Waals surface area (Å²) in [5.41, 5.74) is 13.5. The van der Waals surface area contributed by atoms with Gasteiger partial charge in [0.1, 0.15) is 9.71 Å². The highest BCUT2D eigenvalue weighted by Gasteiger charge is 2.17. The van der Waals surface area contributed by atoms with Crippen LogP contribution in [0.3, 0.4) is 0 Å². The van der Waals surface area contributed by atoms with E-state index in [0.717, 1.165) is 16.8 Å². The van der Waals surface area contributed by atoms with Gasteiger partial charge in [0.15, 0.2) is 0 Å². The molecular weight excluding hydrogens is 272 g/mol. The lowest BCUT2D eigenvalue weighted by Crippen LogP contribution is -2.10. The molecule has 0 aliphatic rings. The van der Waals surface area contributed by atoms with Crippen LogP contribution in [0.2, 0.25) is 0 Å². The van der Waals surface area contributed by atoms with Gasteiger partial charge in [0.25, 0.3) is 5.91 Å². The fourth-order valence-corrected chi connectivity index (χ4v) is 2.95. The minimum atomic E-state index is -0.531. The van der Waals surface area contributed by atoms with Crippen LogP contribution in [0.4, 0.5) is 17.1 Å². The fraction of sp³-hybridized carbons (Fsp3) is 0. The van der Waals surface area contributed by atoms with Crippen LogP contribution in [0.1, 0.15) is 9.67 Å². The SMILES string of the molecule is NC(=O)c1sc2nccc(Nc3ccccc3)c2c1N. The van der Waals surface area contributed by atoms with Crippen molar-refractivity contribution in [3.8, 4) is 0 Å². The van der Waals surface area contributed by atoms with E-state index in [0.29, 0.717) is 15.4 Å². The lowest BCUT2D eigenvalue weighted by atomic mass is 10.2. The maximum Gasteiger partial charge on any atom is 0.260 e. The average molecular weight is 284 g/mol. The van der Waals surface area contributed by atoms with Crippen LogP contribution in [-0.2, 0) is 0 Å². The van der Waals surface area contributed by atoms with Gasteiger partial charge in [0, 0.05) is 11.9 Å². The first kappa shape index (κ1) is 12.4. The number of nitrogens with one attached hydrogen (secondary N) is 1. The summed E-state index contributed by atoms with van der Waals surface area (Å²) in [6, 6.07) is 11.5. The maximum absolute atomic E-state index is 11.4. The molecule has 5 N–H and O–H groups in total. The second-order valence-corrected chi connectivity index (χ2v) is 5.24. The molecule has 0 fully saturated rings. The lowest BCUT2D eigenvalue weighted by Gasteiger charge is -2.07. The molecule has 0 saturated heterocycles. The van der Waals surface area contributed by atoms with Crippen LogP contribution in [0.15, 0.2) is 42.6 Å². The molecule has 2 heterocycles. The van der Waals surface area contributed by atoms with Crippen molar-refractivity contribution in [2.24, 2.45) is 5.73 Å². The zero-order valence-corrected chi connectivity index (χ0v) is 11.3. The van der Waals surface area contributed by atoms with Crippen molar-refractivity contribution in [1.29, 1.82) is 0 Å². The zero-order valence-electron chi connectivity index (χ0n) is 10.5. The molecule has 3 aromatic rings. The first-order valence-corrected chi connectivity index (χ1v) is 6.77. The van der Waals surface area contributed by atoms with Crippen molar-refractivity contribution < 1.29 is 4.79 Å². The predicted octanol–water partition coefficient (Wildman–Crippen LogP) is 2.72. The molecule has 100 valence electrons. The smallest absolute Gasteiger partial charge is 0.260 e. The Balaban J connectivity index is 2.14. The molecule has 3 rings (SSSR count). The van der Waals surface area contributed by atoms with Gasteiger partial charge in [-0.3, -0.25) is 4.79 Å². The number of aromatic nitrogens is 1. The Labute approximate surface area is 119 Å². The summed E-state index contributed by atoms with van der Waals surface area (Å²) in [6.07, 6.45) is 1.67. The van der Waals surface area contributed by atoms with Gasteiger partial charge < -0.3 is 16.8 Å². The standard InChI is InChI=1S/C14H12N4OS/c15-11-10-9(18-8-4-2-1-3-5-8)6-7-17-14(10)20-12(11)13(16)19/h1-7H,15H2,(H2,16,19)(H,17,18). The molecule has 0 bridgehead atoms. The van der Waals surface area contributed by atoms with E-state index in [9.17, 15) is 4.79 Å². The second-order valence-electron chi connectivity index (χ2n) is 4.24. The number of fused-ring (bicyclic) bond motifs is 1. The van der Waals surface area contributed by atoms with Crippen LogP contribution < -0.4 is 16.8 Å². The fourth-order valence-electron chi connectivity index (χ4n) is 2.01. The molecule has 0 aliphatic carbocycles. The van der Waals surface area contributed by atoms with Crippen molar-refractivity contribution in [3.05, 3.63) is 47.5 Å². The molecule has 0 radical (unpaired) electrons. The Bertz CT molecular complexity index is 782. The van der Waals surface area contributed by atoms with E-state index in [2.05, 4.69) is 10.3 Å². The lowest BCUT2D eigenvalue weighted by molar-refractivity contribution is 0.100. The number of amides is 1. The van der Waals surface area contributed by atoms with E-state index in [4.69, 9.17) is 11.5 Å². The summed E-state index contributed by atoms with van der Waals surface area (Å²) >= 11 is 1.21. The molecule has 20 heavy (non-hydrogen) atoms. The molecule has 1 aromatic carbocycles. The number of pyridine rings is 1. The minimum absolute atomic E-state index is 0.342. The Kier molecular flexibility index (Phi) is 3.00. The highest BCUT2D eigenvalue weighted by Crippen LogP contribution is 2.37. The van der Waals surface area contributed by atoms with Gasteiger partial charge >= 0.3 is 0 Å². The molecule has 0 unspecified atom stereocenters. The van der Waals surface area contributed by atoms with Crippen molar-refractivity contribution >= 4 is 44.5 Å². The van der Waals surface area contributed by atoms with Gasteiger partial charge in [-0.05, 0) is 18.2 Å². The molecule has 0 aliphatic heterocycles. The molecule has 6 heteroatoms. The van der Waals surface area contributed by atoms with E-state index >= 15 is 0 Å². The highest BCUT2D eigenvalue weighted by atomic mass is 32.1. The molecular formula is C14H12N4OS. The maximum atomic E-state index is 11.4. The number of nitrogen functional groups attached to an aromatic ring is 1. The summed E-state index contributed by atoms with van der Waals surface area (Å²) in [6.45, 7) is 0. The third kappa shape index (κ3) is 2.06. The third-order valence-corrected chi connectivity index (χ3v) is 4.03. The largest absolute Gasteiger partial charge is 0.397 e. The highest BCUT2D eigenvalue weighted by molar-refractivity contribution is 7.21. The molecule has 5 nitrogen and oxygen atoms in total. The first-order chi connectivity index (χ1) is 9.66. The van der Waals surface area contributed by atoms with Crippen molar-refractivity contribution in [3.63, 3.8) is 0 Å². The van der Waals surface area contributed by atoms with Gasteiger partial charge in [-0.25, -0.2) is 4.98 Å². The number of benzene rings is 1. The number of carbonyl (C=O) groups excluding carboxylic acids is 1. The number of para-hydroxylation sites is 1. The van der Waals surface area contributed by atoms with Crippen molar-refractivity contribution in [2.45, 2.75) is 0 Å². The molecule has 0 atom stereocenters. The van der Waals surface area contributed by atoms with Crippen LogP contribution in [0.25, 0.3) is 10.2 Å². The number of anilines is 3. The quantitative estimate of drug-likeness (QED) is 0.689. The van der Waals surface area contributed by atoms with Gasteiger partial charge in [0.2, 0.25) is 0 Å². The average Bonchev–Trinajstić information content (AvgIpc) is 2.79. The summed E-state index contributed by atoms with van der Waals surface area (Å²) in [5, 5.41) is 4.01. The van der Waals surface area contributed by atoms with E-state index in [-0.39, 0.29) is 0 Å². The predicted molar refractivity (Wildman–Crippen MR) is 82.3 cm³/mol.